The molecule has 1 atom stereocenters. The molecule has 1 aliphatic rings. The maximum Gasteiger partial charge on any atom is 0.0634 e. The number of anilines is 1. The fourth-order valence-electron chi connectivity index (χ4n) is 3.26. The van der Waals surface area contributed by atoms with E-state index in [4.69, 9.17) is 5.11 Å². The van der Waals surface area contributed by atoms with Crippen LogP contribution in [0.5, 0.6) is 0 Å². The van der Waals surface area contributed by atoms with Crippen LogP contribution in [0.4, 0.5) is 5.69 Å². The first-order valence-electron chi connectivity index (χ1n) is 7.86. The number of thiophene rings is 1. The summed E-state index contributed by atoms with van der Waals surface area (Å²) < 4.78 is 0. The van der Waals surface area contributed by atoms with Gasteiger partial charge >= 0.3 is 0 Å². The van der Waals surface area contributed by atoms with Gasteiger partial charge in [-0.15, -0.1) is 11.3 Å². The second-order valence-electron chi connectivity index (χ2n) is 5.85. The van der Waals surface area contributed by atoms with Crippen LogP contribution in [0.15, 0.2) is 41.8 Å². The van der Waals surface area contributed by atoms with Gasteiger partial charge in [-0.2, -0.15) is 0 Å². The van der Waals surface area contributed by atoms with Gasteiger partial charge in [-0.3, -0.25) is 0 Å². The highest BCUT2D eigenvalue weighted by molar-refractivity contribution is 7.10. The molecule has 2 nitrogen and oxygen atoms in total. The van der Waals surface area contributed by atoms with Crippen molar-refractivity contribution in [1.29, 1.82) is 0 Å². The van der Waals surface area contributed by atoms with Crippen molar-refractivity contribution in [2.24, 2.45) is 5.92 Å². The summed E-state index contributed by atoms with van der Waals surface area (Å²) in [5, 5.41) is 14.9. The minimum Gasteiger partial charge on any atom is -0.396 e. The highest BCUT2D eigenvalue weighted by Crippen LogP contribution is 2.39. The molecule has 3 rings (SSSR count). The number of hydrogen-bond donors (Lipinski definition) is 2. The molecule has 2 N–H and O–H groups in total. The third-order valence-corrected chi connectivity index (χ3v) is 5.35. The lowest BCUT2D eigenvalue weighted by Crippen LogP contribution is -2.17. The predicted molar refractivity (Wildman–Crippen MR) is 89.9 cm³/mol. The van der Waals surface area contributed by atoms with E-state index in [1.54, 1.807) is 0 Å². The first kappa shape index (κ1) is 14.6. The van der Waals surface area contributed by atoms with Gasteiger partial charge < -0.3 is 10.4 Å². The number of aliphatic hydroxyl groups is 1. The van der Waals surface area contributed by atoms with E-state index in [-0.39, 0.29) is 6.61 Å². The van der Waals surface area contributed by atoms with E-state index in [0.29, 0.717) is 6.04 Å². The van der Waals surface area contributed by atoms with Crippen molar-refractivity contribution in [1.82, 2.24) is 0 Å². The third-order valence-electron chi connectivity index (χ3n) is 4.40. The Labute approximate surface area is 130 Å². The first-order valence-corrected chi connectivity index (χ1v) is 8.74. The van der Waals surface area contributed by atoms with E-state index >= 15 is 0 Å². The second-order valence-corrected chi connectivity index (χ2v) is 6.83. The van der Waals surface area contributed by atoms with Crippen LogP contribution in [0.1, 0.15) is 42.2 Å². The summed E-state index contributed by atoms with van der Waals surface area (Å²) >= 11 is 1.85. The maximum atomic E-state index is 8.99. The van der Waals surface area contributed by atoms with Crippen molar-refractivity contribution >= 4 is 17.0 Å². The highest BCUT2D eigenvalue weighted by Gasteiger charge is 2.26. The predicted octanol–water partition coefficient (Wildman–Crippen LogP) is 4.63. The normalized spacial score (nSPS) is 17.0. The molecular formula is C18H23NOS. The van der Waals surface area contributed by atoms with Gasteiger partial charge in [0.15, 0.2) is 0 Å². The quantitative estimate of drug-likeness (QED) is 0.815. The molecule has 1 heterocycles. The van der Waals surface area contributed by atoms with Crippen molar-refractivity contribution < 1.29 is 5.11 Å². The molecule has 21 heavy (non-hydrogen) atoms. The minimum absolute atomic E-state index is 0.215. The van der Waals surface area contributed by atoms with Crippen LogP contribution in [-0.2, 0) is 6.42 Å². The largest absolute Gasteiger partial charge is 0.396 e. The van der Waals surface area contributed by atoms with Crippen molar-refractivity contribution in [2.75, 3.05) is 11.9 Å². The van der Waals surface area contributed by atoms with Crippen molar-refractivity contribution in [3.05, 3.63) is 52.2 Å². The minimum atomic E-state index is 0.215. The Morgan fingerprint density at radius 1 is 1.14 bits per heavy atom. The molecule has 0 bridgehead atoms. The van der Waals surface area contributed by atoms with Gasteiger partial charge in [0.2, 0.25) is 0 Å². The molecule has 1 aliphatic carbocycles. The standard InChI is InChI=1S/C18H23NOS/c20-12-11-14-7-9-16(10-8-14)19-18(15-4-1-2-5-15)17-6-3-13-21-17/h3,6-10,13,15,18-20H,1-2,4-5,11-12H2. The summed E-state index contributed by atoms with van der Waals surface area (Å²) in [5.41, 5.74) is 2.37. The van der Waals surface area contributed by atoms with Crippen LogP contribution in [-0.4, -0.2) is 11.7 Å². The smallest absolute Gasteiger partial charge is 0.0634 e. The Hall–Kier alpha value is -1.32. The molecule has 1 saturated carbocycles. The van der Waals surface area contributed by atoms with Crippen molar-refractivity contribution in [3.63, 3.8) is 0 Å². The number of nitrogens with one attached hydrogen (secondary N) is 1. The van der Waals surface area contributed by atoms with E-state index in [9.17, 15) is 0 Å². The average molecular weight is 301 g/mol. The summed E-state index contributed by atoms with van der Waals surface area (Å²) in [4.78, 5) is 1.45. The molecule has 0 aliphatic heterocycles. The summed E-state index contributed by atoms with van der Waals surface area (Å²) in [6.45, 7) is 0.215. The molecular weight excluding hydrogens is 278 g/mol. The lowest BCUT2D eigenvalue weighted by atomic mass is 9.96. The lowest BCUT2D eigenvalue weighted by molar-refractivity contribution is 0.299. The molecule has 0 spiro atoms. The molecule has 1 aromatic carbocycles. The zero-order valence-electron chi connectivity index (χ0n) is 12.3. The average Bonchev–Trinajstić information content (AvgIpc) is 3.20. The SMILES string of the molecule is OCCc1ccc(NC(c2cccs2)C2CCCC2)cc1. The van der Waals surface area contributed by atoms with Gasteiger partial charge in [0.05, 0.1) is 6.04 Å². The fraction of sp³-hybridized carbons (Fsp3) is 0.444. The molecule has 2 aromatic rings. The fourth-order valence-corrected chi connectivity index (χ4v) is 4.13. The van der Waals surface area contributed by atoms with E-state index in [0.717, 1.165) is 12.3 Å². The monoisotopic (exact) mass is 301 g/mol. The van der Waals surface area contributed by atoms with Gasteiger partial charge in [0.25, 0.3) is 0 Å². The first-order chi connectivity index (χ1) is 10.4. The zero-order chi connectivity index (χ0) is 14.5. The van der Waals surface area contributed by atoms with Crippen LogP contribution < -0.4 is 5.32 Å². The molecule has 1 fully saturated rings. The molecule has 1 unspecified atom stereocenters. The number of hydrogen-bond acceptors (Lipinski definition) is 3. The summed E-state index contributed by atoms with van der Waals surface area (Å²) in [6.07, 6.45) is 6.13. The van der Waals surface area contributed by atoms with Crippen LogP contribution in [0.2, 0.25) is 0 Å². The van der Waals surface area contributed by atoms with Gasteiger partial charge in [0, 0.05) is 17.2 Å². The van der Waals surface area contributed by atoms with Gasteiger partial charge in [-0.05, 0) is 54.3 Å². The van der Waals surface area contributed by atoms with Crippen molar-refractivity contribution in [3.8, 4) is 0 Å². The Kier molecular flexibility index (Phi) is 4.94. The van der Waals surface area contributed by atoms with Gasteiger partial charge in [-0.1, -0.05) is 31.0 Å². The molecule has 112 valence electrons. The van der Waals surface area contributed by atoms with Crippen molar-refractivity contribution in [2.45, 2.75) is 38.1 Å². The van der Waals surface area contributed by atoms with E-state index in [1.165, 1.54) is 41.8 Å². The molecule has 0 radical (unpaired) electrons. The zero-order valence-corrected chi connectivity index (χ0v) is 13.1. The van der Waals surface area contributed by atoms with Crippen LogP contribution >= 0.6 is 11.3 Å². The molecule has 0 amide bonds. The van der Waals surface area contributed by atoms with E-state index in [2.05, 4.69) is 47.1 Å². The summed E-state index contributed by atoms with van der Waals surface area (Å²) in [5.74, 6) is 0.751. The van der Waals surface area contributed by atoms with E-state index < -0.39 is 0 Å². The number of aliphatic hydroxyl groups excluding tert-OH is 1. The maximum absolute atomic E-state index is 8.99. The second kappa shape index (κ2) is 7.10. The van der Waals surface area contributed by atoms with Gasteiger partial charge in [-0.25, -0.2) is 0 Å². The van der Waals surface area contributed by atoms with Gasteiger partial charge in [0.1, 0.15) is 0 Å². The summed E-state index contributed by atoms with van der Waals surface area (Å²) in [6, 6.07) is 13.3. The van der Waals surface area contributed by atoms with E-state index in [1.807, 2.05) is 11.3 Å². The lowest BCUT2D eigenvalue weighted by Gasteiger charge is -2.25. The molecule has 3 heteroatoms. The van der Waals surface area contributed by atoms with Crippen LogP contribution in [0.25, 0.3) is 0 Å². The summed E-state index contributed by atoms with van der Waals surface area (Å²) in [7, 11) is 0. The number of benzene rings is 1. The highest BCUT2D eigenvalue weighted by atomic mass is 32.1. The third kappa shape index (κ3) is 3.66. The Morgan fingerprint density at radius 3 is 2.52 bits per heavy atom. The topological polar surface area (TPSA) is 32.3 Å². The number of rotatable bonds is 6. The molecule has 1 aromatic heterocycles. The Balaban J connectivity index is 1.74. The van der Waals surface area contributed by atoms with Crippen LogP contribution in [0.3, 0.4) is 0 Å². The molecule has 0 saturated heterocycles. The Bertz CT molecular complexity index is 529. The van der Waals surface area contributed by atoms with Crippen LogP contribution in [0, 0.1) is 5.92 Å². The Morgan fingerprint density at radius 2 is 1.90 bits per heavy atom.